The fourth-order valence-corrected chi connectivity index (χ4v) is 2.54. The third kappa shape index (κ3) is 1.04. The van der Waals surface area contributed by atoms with Gasteiger partial charge in [0, 0.05) is 4.88 Å². The van der Waals surface area contributed by atoms with Crippen molar-refractivity contribution in [1.82, 2.24) is 0 Å². The summed E-state index contributed by atoms with van der Waals surface area (Å²) in [6.45, 7) is 0. The Kier molecular flexibility index (Phi) is 1.66. The van der Waals surface area contributed by atoms with Gasteiger partial charge in [-0.3, -0.25) is 4.79 Å². The molecule has 0 radical (unpaired) electrons. The average molecular weight is 203 g/mol. The number of carboxylic acids is 1. The number of thiophene rings is 1. The van der Waals surface area contributed by atoms with Gasteiger partial charge < -0.3 is 5.11 Å². The van der Waals surface area contributed by atoms with Gasteiger partial charge in [-0.15, -0.1) is 11.3 Å². The maximum absolute atomic E-state index is 10.9. The monoisotopic (exact) mass is 202 g/mol. The molecule has 0 saturated heterocycles. The molecule has 0 atom stereocenters. The minimum atomic E-state index is -0.721. The normalized spacial score (nSPS) is 19.1. The molecule has 1 N–H and O–H groups in total. The molecule has 1 heterocycles. The first kappa shape index (κ1) is 8.08. The first-order chi connectivity index (χ1) is 5.65. The van der Waals surface area contributed by atoms with E-state index in [2.05, 4.69) is 0 Å². The largest absolute Gasteiger partial charge is 0.481 e. The summed E-state index contributed by atoms with van der Waals surface area (Å²) in [6, 6.07) is 3.57. The lowest BCUT2D eigenvalue weighted by atomic mass is 10.1. The molecule has 2 rings (SSSR count). The average Bonchev–Trinajstić information content (AvgIpc) is 2.71. The number of hydrogen-bond donors (Lipinski definition) is 1. The van der Waals surface area contributed by atoms with Gasteiger partial charge in [-0.2, -0.15) is 0 Å². The van der Waals surface area contributed by atoms with E-state index in [0.717, 1.165) is 17.7 Å². The number of carbonyl (C=O) groups is 1. The van der Waals surface area contributed by atoms with Gasteiger partial charge in [0.25, 0.3) is 0 Å². The summed E-state index contributed by atoms with van der Waals surface area (Å²) in [7, 11) is 0. The van der Waals surface area contributed by atoms with E-state index < -0.39 is 11.4 Å². The standard InChI is InChI=1S/C8H7ClO2S/c9-6-2-1-5(12-6)8(3-4-8)7(10)11/h1-2H,3-4H2,(H,10,11). The van der Waals surface area contributed by atoms with Crippen LogP contribution in [-0.4, -0.2) is 11.1 Å². The lowest BCUT2D eigenvalue weighted by Crippen LogP contribution is -2.17. The minimum Gasteiger partial charge on any atom is -0.481 e. The van der Waals surface area contributed by atoms with Crippen molar-refractivity contribution in [2.45, 2.75) is 18.3 Å². The van der Waals surface area contributed by atoms with Crippen LogP contribution in [0.4, 0.5) is 0 Å². The summed E-state index contributed by atoms with van der Waals surface area (Å²) in [5.41, 5.74) is -0.586. The van der Waals surface area contributed by atoms with E-state index in [1.807, 2.05) is 6.07 Å². The van der Waals surface area contributed by atoms with E-state index in [4.69, 9.17) is 16.7 Å². The molecule has 64 valence electrons. The Labute approximate surface area is 78.8 Å². The van der Waals surface area contributed by atoms with Crippen LogP contribution in [0.2, 0.25) is 4.34 Å². The Balaban J connectivity index is 2.36. The molecule has 0 aromatic carbocycles. The van der Waals surface area contributed by atoms with Gasteiger partial charge in [0.2, 0.25) is 0 Å². The van der Waals surface area contributed by atoms with Crippen molar-refractivity contribution in [3.05, 3.63) is 21.3 Å². The molecule has 1 aromatic heterocycles. The zero-order valence-corrected chi connectivity index (χ0v) is 7.78. The van der Waals surface area contributed by atoms with Crippen LogP contribution < -0.4 is 0 Å². The molecule has 0 bridgehead atoms. The summed E-state index contributed by atoms with van der Waals surface area (Å²) in [6.07, 6.45) is 1.50. The second-order valence-corrected chi connectivity index (χ2v) is 4.71. The number of rotatable bonds is 2. The molecule has 1 aliphatic carbocycles. The third-order valence-electron chi connectivity index (χ3n) is 2.20. The van der Waals surface area contributed by atoms with Crippen LogP contribution in [0.15, 0.2) is 12.1 Å². The SMILES string of the molecule is O=C(O)C1(c2ccc(Cl)s2)CC1. The summed E-state index contributed by atoms with van der Waals surface area (Å²) in [5, 5.41) is 8.93. The van der Waals surface area contributed by atoms with Gasteiger partial charge in [0.15, 0.2) is 0 Å². The summed E-state index contributed by atoms with van der Waals surface area (Å²) < 4.78 is 0.664. The maximum Gasteiger partial charge on any atom is 0.314 e. The topological polar surface area (TPSA) is 37.3 Å². The van der Waals surface area contributed by atoms with Crippen molar-refractivity contribution < 1.29 is 9.90 Å². The second-order valence-electron chi connectivity index (χ2n) is 2.99. The van der Waals surface area contributed by atoms with Gasteiger partial charge in [-0.1, -0.05) is 11.6 Å². The quantitative estimate of drug-likeness (QED) is 0.800. The van der Waals surface area contributed by atoms with Gasteiger partial charge in [0.1, 0.15) is 5.41 Å². The molecule has 12 heavy (non-hydrogen) atoms. The highest BCUT2D eigenvalue weighted by Gasteiger charge is 2.52. The van der Waals surface area contributed by atoms with Crippen molar-refractivity contribution in [2.75, 3.05) is 0 Å². The Morgan fingerprint density at radius 3 is 2.58 bits per heavy atom. The van der Waals surface area contributed by atoms with Crippen molar-refractivity contribution in [3.8, 4) is 0 Å². The summed E-state index contributed by atoms with van der Waals surface area (Å²) >= 11 is 7.09. The molecule has 1 aromatic rings. The highest BCUT2D eigenvalue weighted by atomic mass is 35.5. The molecule has 0 spiro atoms. The van der Waals surface area contributed by atoms with E-state index in [-0.39, 0.29) is 0 Å². The van der Waals surface area contributed by atoms with E-state index in [9.17, 15) is 4.79 Å². The smallest absolute Gasteiger partial charge is 0.314 e. The van der Waals surface area contributed by atoms with Crippen LogP contribution in [0, 0.1) is 0 Å². The highest BCUT2D eigenvalue weighted by Crippen LogP contribution is 2.51. The van der Waals surface area contributed by atoms with Crippen LogP contribution in [0.25, 0.3) is 0 Å². The van der Waals surface area contributed by atoms with Crippen LogP contribution >= 0.6 is 22.9 Å². The first-order valence-electron chi connectivity index (χ1n) is 3.64. The van der Waals surface area contributed by atoms with E-state index in [1.165, 1.54) is 11.3 Å². The Bertz CT molecular complexity index is 328. The summed E-state index contributed by atoms with van der Waals surface area (Å²) in [5.74, 6) is -0.721. The van der Waals surface area contributed by atoms with Gasteiger partial charge in [-0.25, -0.2) is 0 Å². The molecule has 2 nitrogen and oxygen atoms in total. The first-order valence-corrected chi connectivity index (χ1v) is 4.84. The van der Waals surface area contributed by atoms with Crippen LogP contribution in [0.3, 0.4) is 0 Å². The molecular weight excluding hydrogens is 196 g/mol. The van der Waals surface area contributed by atoms with Gasteiger partial charge in [-0.05, 0) is 25.0 Å². The molecule has 1 saturated carbocycles. The van der Waals surface area contributed by atoms with E-state index in [1.54, 1.807) is 6.07 Å². The zero-order chi connectivity index (χ0) is 8.77. The van der Waals surface area contributed by atoms with Gasteiger partial charge in [0.05, 0.1) is 4.34 Å². The molecule has 0 amide bonds. The summed E-state index contributed by atoms with van der Waals surface area (Å²) in [4.78, 5) is 11.7. The lowest BCUT2D eigenvalue weighted by Gasteiger charge is -2.04. The number of hydrogen-bond acceptors (Lipinski definition) is 2. The van der Waals surface area contributed by atoms with Gasteiger partial charge >= 0.3 is 5.97 Å². The fraction of sp³-hybridized carbons (Fsp3) is 0.375. The Morgan fingerprint density at radius 1 is 1.58 bits per heavy atom. The highest BCUT2D eigenvalue weighted by molar-refractivity contribution is 7.16. The fourth-order valence-electron chi connectivity index (χ4n) is 1.26. The zero-order valence-electron chi connectivity index (χ0n) is 6.21. The second kappa shape index (κ2) is 2.47. The molecule has 1 fully saturated rings. The Hall–Kier alpha value is -0.540. The molecule has 0 aliphatic heterocycles. The maximum atomic E-state index is 10.9. The minimum absolute atomic E-state index is 0.586. The lowest BCUT2D eigenvalue weighted by molar-refractivity contribution is -0.139. The molecular formula is C8H7ClO2S. The van der Waals surface area contributed by atoms with Crippen molar-refractivity contribution in [2.24, 2.45) is 0 Å². The number of halogens is 1. The number of aliphatic carboxylic acids is 1. The van der Waals surface area contributed by atoms with E-state index >= 15 is 0 Å². The van der Waals surface area contributed by atoms with Crippen LogP contribution in [0.5, 0.6) is 0 Å². The van der Waals surface area contributed by atoms with Crippen molar-refractivity contribution >= 4 is 28.9 Å². The van der Waals surface area contributed by atoms with Crippen LogP contribution in [0.1, 0.15) is 17.7 Å². The molecule has 1 aliphatic rings. The van der Waals surface area contributed by atoms with Crippen molar-refractivity contribution in [3.63, 3.8) is 0 Å². The molecule has 4 heteroatoms. The predicted octanol–water partition coefficient (Wildman–Crippen LogP) is 2.52. The third-order valence-corrected chi connectivity index (χ3v) is 3.64. The van der Waals surface area contributed by atoms with Crippen molar-refractivity contribution in [1.29, 1.82) is 0 Å². The van der Waals surface area contributed by atoms with E-state index in [0.29, 0.717) is 4.34 Å². The molecule has 0 unspecified atom stereocenters. The van der Waals surface area contributed by atoms with Crippen LogP contribution in [-0.2, 0) is 10.2 Å². The predicted molar refractivity (Wildman–Crippen MR) is 47.9 cm³/mol. The Morgan fingerprint density at radius 2 is 2.25 bits per heavy atom. The number of carboxylic acid groups (broad SMARTS) is 1.